The van der Waals surface area contributed by atoms with Crippen molar-refractivity contribution in [3.8, 4) is 6.07 Å². The number of carbonyl (C=O) groups excluding carboxylic acids is 1. The van der Waals surface area contributed by atoms with Crippen LogP contribution in [0.1, 0.15) is 38.8 Å². The van der Waals surface area contributed by atoms with E-state index < -0.39 is 5.60 Å². The van der Waals surface area contributed by atoms with Crippen molar-refractivity contribution in [3.05, 3.63) is 35.9 Å². The minimum Gasteiger partial charge on any atom is -0.444 e. The number of benzene rings is 1. The topological polar surface area (TPSA) is 53.3 Å². The van der Waals surface area contributed by atoms with Gasteiger partial charge in [0.2, 0.25) is 0 Å². The molecule has 1 aromatic rings. The number of nitriles is 1. The molecule has 0 bridgehead atoms. The molecule has 0 spiro atoms. The summed E-state index contributed by atoms with van der Waals surface area (Å²) in [6, 6.07) is 12.0. The van der Waals surface area contributed by atoms with Crippen molar-refractivity contribution in [2.24, 2.45) is 5.92 Å². The highest BCUT2D eigenvalue weighted by Crippen LogP contribution is 2.36. The van der Waals surface area contributed by atoms with E-state index in [2.05, 4.69) is 6.07 Å². The van der Waals surface area contributed by atoms with Crippen LogP contribution in [0.25, 0.3) is 0 Å². The van der Waals surface area contributed by atoms with E-state index in [-0.39, 0.29) is 18.1 Å². The average molecular weight is 272 g/mol. The molecule has 0 unspecified atom stereocenters. The Morgan fingerprint density at radius 2 is 2.00 bits per heavy atom. The summed E-state index contributed by atoms with van der Waals surface area (Å²) >= 11 is 0. The van der Waals surface area contributed by atoms with Crippen molar-refractivity contribution >= 4 is 6.09 Å². The van der Waals surface area contributed by atoms with Crippen LogP contribution in [0.3, 0.4) is 0 Å². The molecule has 2 rings (SSSR count). The molecule has 4 nitrogen and oxygen atoms in total. The summed E-state index contributed by atoms with van der Waals surface area (Å²) in [6.45, 7) is 5.98. The van der Waals surface area contributed by atoms with Crippen LogP contribution < -0.4 is 0 Å². The Kier molecular flexibility index (Phi) is 3.99. The highest BCUT2D eigenvalue weighted by atomic mass is 16.6. The Hall–Kier alpha value is -2.02. The van der Waals surface area contributed by atoms with Gasteiger partial charge in [0, 0.05) is 6.54 Å². The second-order valence-electron chi connectivity index (χ2n) is 6.12. The lowest BCUT2D eigenvalue weighted by Crippen LogP contribution is -2.36. The number of likely N-dealkylation sites (tertiary alicyclic amines) is 1. The fraction of sp³-hybridized carbons (Fsp3) is 0.500. The molecule has 1 saturated heterocycles. The van der Waals surface area contributed by atoms with Gasteiger partial charge in [-0.3, -0.25) is 4.90 Å². The standard InChI is InChI=1S/C16H20N2O2/c1-16(2,3)20-15(19)18-11-12(10-17)9-14(18)13-7-5-4-6-8-13/h4-8,12,14H,9,11H2,1-3H3/t12-,14-/m0/s1. The van der Waals surface area contributed by atoms with Crippen molar-refractivity contribution in [1.82, 2.24) is 4.90 Å². The Morgan fingerprint density at radius 3 is 2.55 bits per heavy atom. The van der Waals surface area contributed by atoms with Crippen molar-refractivity contribution in [3.63, 3.8) is 0 Å². The molecule has 1 heterocycles. The van der Waals surface area contributed by atoms with Gasteiger partial charge in [-0.1, -0.05) is 30.3 Å². The minimum atomic E-state index is -0.525. The Balaban J connectivity index is 2.21. The summed E-state index contributed by atoms with van der Waals surface area (Å²) in [5.41, 5.74) is 0.527. The van der Waals surface area contributed by atoms with Crippen LogP contribution in [0.4, 0.5) is 4.79 Å². The van der Waals surface area contributed by atoms with Crippen molar-refractivity contribution in [2.45, 2.75) is 38.8 Å². The minimum absolute atomic E-state index is 0.0734. The lowest BCUT2D eigenvalue weighted by molar-refractivity contribution is 0.0222. The lowest BCUT2D eigenvalue weighted by atomic mass is 10.0. The predicted octanol–water partition coefficient (Wildman–Crippen LogP) is 3.51. The van der Waals surface area contributed by atoms with Crippen LogP contribution in [0.2, 0.25) is 0 Å². The van der Waals surface area contributed by atoms with E-state index in [0.29, 0.717) is 13.0 Å². The van der Waals surface area contributed by atoms with Gasteiger partial charge < -0.3 is 4.74 Å². The van der Waals surface area contributed by atoms with Crippen LogP contribution >= 0.6 is 0 Å². The molecule has 4 heteroatoms. The van der Waals surface area contributed by atoms with E-state index in [4.69, 9.17) is 10.00 Å². The van der Waals surface area contributed by atoms with Crippen LogP contribution in [0, 0.1) is 17.2 Å². The first-order valence-electron chi connectivity index (χ1n) is 6.85. The van der Waals surface area contributed by atoms with Gasteiger partial charge in [-0.15, -0.1) is 0 Å². The molecule has 0 saturated carbocycles. The zero-order valence-corrected chi connectivity index (χ0v) is 12.2. The maximum Gasteiger partial charge on any atom is 0.410 e. The predicted molar refractivity (Wildman–Crippen MR) is 75.8 cm³/mol. The zero-order valence-electron chi connectivity index (χ0n) is 12.2. The van der Waals surface area contributed by atoms with E-state index in [1.54, 1.807) is 4.90 Å². The first-order valence-corrected chi connectivity index (χ1v) is 6.85. The van der Waals surface area contributed by atoms with E-state index in [1.807, 2.05) is 51.1 Å². The maximum absolute atomic E-state index is 12.3. The third-order valence-corrected chi connectivity index (χ3v) is 3.30. The van der Waals surface area contributed by atoms with Gasteiger partial charge in [0.15, 0.2) is 0 Å². The molecular weight excluding hydrogens is 252 g/mol. The largest absolute Gasteiger partial charge is 0.444 e. The van der Waals surface area contributed by atoms with Gasteiger partial charge in [-0.05, 0) is 32.8 Å². The first kappa shape index (κ1) is 14.4. The molecule has 1 amide bonds. The number of amides is 1. The van der Waals surface area contributed by atoms with Crippen molar-refractivity contribution < 1.29 is 9.53 Å². The number of ether oxygens (including phenoxy) is 1. The molecule has 106 valence electrons. The van der Waals surface area contributed by atoms with Crippen molar-refractivity contribution in [2.75, 3.05) is 6.54 Å². The molecular formula is C16H20N2O2. The Morgan fingerprint density at radius 1 is 1.35 bits per heavy atom. The van der Waals surface area contributed by atoms with Gasteiger partial charge in [0.05, 0.1) is 18.0 Å². The number of hydrogen-bond acceptors (Lipinski definition) is 3. The van der Waals surface area contributed by atoms with Crippen LogP contribution in [0.15, 0.2) is 30.3 Å². The molecule has 0 N–H and O–H groups in total. The quantitative estimate of drug-likeness (QED) is 0.786. The highest BCUT2D eigenvalue weighted by molar-refractivity contribution is 5.69. The fourth-order valence-electron chi connectivity index (χ4n) is 2.44. The van der Waals surface area contributed by atoms with E-state index in [9.17, 15) is 4.79 Å². The maximum atomic E-state index is 12.3. The zero-order chi connectivity index (χ0) is 14.8. The molecule has 1 aromatic carbocycles. The molecule has 1 aliphatic rings. The Bertz CT molecular complexity index is 514. The summed E-state index contributed by atoms with van der Waals surface area (Å²) in [7, 11) is 0. The van der Waals surface area contributed by atoms with Crippen LogP contribution in [-0.2, 0) is 4.74 Å². The van der Waals surface area contributed by atoms with Crippen LogP contribution in [0.5, 0.6) is 0 Å². The van der Waals surface area contributed by atoms with Gasteiger partial charge in [-0.25, -0.2) is 4.79 Å². The van der Waals surface area contributed by atoms with E-state index in [1.165, 1.54) is 0 Å². The van der Waals surface area contributed by atoms with Gasteiger partial charge in [0.1, 0.15) is 5.60 Å². The SMILES string of the molecule is CC(C)(C)OC(=O)N1C[C@H](C#N)C[C@H]1c1ccccc1. The summed E-state index contributed by atoms with van der Waals surface area (Å²) in [4.78, 5) is 14.0. The summed E-state index contributed by atoms with van der Waals surface area (Å²) in [5.74, 6) is -0.132. The molecule has 2 atom stereocenters. The molecule has 20 heavy (non-hydrogen) atoms. The average Bonchev–Trinajstić information content (AvgIpc) is 2.82. The number of hydrogen-bond donors (Lipinski definition) is 0. The number of nitrogens with zero attached hydrogens (tertiary/aromatic N) is 2. The normalized spacial score (nSPS) is 22.4. The smallest absolute Gasteiger partial charge is 0.410 e. The molecule has 1 aliphatic heterocycles. The number of rotatable bonds is 1. The lowest BCUT2D eigenvalue weighted by Gasteiger charge is -2.28. The highest BCUT2D eigenvalue weighted by Gasteiger charge is 2.38. The van der Waals surface area contributed by atoms with Gasteiger partial charge >= 0.3 is 6.09 Å². The second kappa shape index (κ2) is 5.54. The monoisotopic (exact) mass is 272 g/mol. The molecule has 1 fully saturated rings. The van der Waals surface area contributed by atoms with Gasteiger partial charge in [0.25, 0.3) is 0 Å². The summed E-state index contributed by atoms with van der Waals surface area (Å²) in [5, 5.41) is 9.13. The first-order chi connectivity index (χ1) is 9.40. The fourth-order valence-corrected chi connectivity index (χ4v) is 2.44. The third-order valence-electron chi connectivity index (χ3n) is 3.30. The summed E-state index contributed by atoms with van der Waals surface area (Å²) < 4.78 is 5.44. The third kappa shape index (κ3) is 3.30. The molecule has 0 aromatic heterocycles. The molecule has 0 aliphatic carbocycles. The van der Waals surface area contributed by atoms with Crippen molar-refractivity contribution in [1.29, 1.82) is 5.26 Å². The van der Waals surface area contributed by atoms with E-state index in [0.717, 1.165) is 5.56 Å². The van der Waals surface area contributed by atoms with E-state index >= 15 is 0 Å². The van der Waals surface area contributed by atoms with Crippen LogP contribution in [-0.4, -0.2) is 23.1 Å². The van der Waals surface area contributed by atoms with Gasteiger partial charge in [-0.2, -0.15) is 5.26 Å². The summed E-state index contributed by atoms with van der Waals surface area (Å²) in [6.07, 6.45) is 0.323. The Labute approximate surface area is 120 Å². The second-order valence-corrected chi connectivity index (χ2v) is 6.12. The number of carbonyl (C=O) groups is 1. The molecule has 0 radical (unpaired) electrons.